The molecule has 0 aromatic heterocycles. The number of hydrogen-bond acceptors (Lipinski definition) is 4. The molecule has 0 aliphatic carbocycles. The van der Waals surface area contributed by atoms with Crippen LogP contribution in [0.3, 0.4) is 0 Å². The maximum Gasteiger partial charge on any atom is 0.336 e. The lowest BCUT2D eigenvalue weighted by atomic mass is 10.1. The monoisotopic (exact) mass is 494 g/mol. The van der Waals surface area contributed by atoms with Crippen LogP contribution in [-0.4, -0.2) is 34.0 Å². The van der Waals surface area contributed by atoms with Crippen molar-refractivity contribution in [3.8, 4) is 5.75 Å². The fourth-order valence-corrected chi connectivity index (χ4v) is 3.21. The Morgan fingerprint density at radius 1 is 0.944 bits per heavy atom. The summed E-state index contributed by atoms with van der Waals surface area (Å²) in [6, 6.07) is 20.2. The summed E-state index contributed by atoms with van der Waals surface area (Å²) >= 11 is 0. The van der Waals surface area contributed by atoms with Gasteiger partial charge in [-0.25, -0.2) is 9.18 Å². The van der Waals surface area contributed by atoms with Crippen LogP contribution < -0.4 is 10.5 Å². The molecule has 3 N–H and O–H groups in total. The van der Waals surface area contributed by atoms with Gasteiger partial charge in [-0.3, -0.25) is 4.79 Å². The van der Waals surface area contributed by atoms with Crippen molar-refractivity contribution in [3.05, 3.63) is 101 Å². The number of carboxylic acid groups (broad SMARTS) is 1. The van der Waals surface area contributed by atoms with Gasteiger partial charge in [0.05, 0.1) is 12.0 Å². The minimum absolute atomic E-state index is 0. The van der Waals surface area contributed by atoms with Crippen LogP contribution in [0.1, 0.15) is 54.7 Å². The van der Waals surface area contributed by atoms with E-state index < -0.39 is 5.97 Å². The zero-order valence-corrected chi connectivity index (χ0v) is 21.3. The van der Waals surface area contributed by atoms with Crippen LogP contribution in [0.15, 0.2) is 72.8 Å². The molecule has 0 spiro atoms. The smallest absolute Gasteiger partial charge is 0.336 e. The number of nitrogens with zero attached hydrogens (tertiary/aromatic N) is 1. The summed E-state index contributed by atoms with van der Waals surface area (Å²) in [5.74, 6) is -0.825. The van der Waals surface area contributed by atoms with Crippen LogP contribution in [0.25, 0.3) is 0 Å². The predicted octanol–water partition coefficient (Wildman–Crippen LogP) is 5.44. The topological polar surface area (TPSA) is 92.9 Å². The molecule has 7 heteroatoms. The van der Waals surface area contributed by atoms with E-state index in [1.54, 1.807) is 65.6 Å². The third kappa shape index (κ3) is 9.88. The Kier molecular flexibility index (Phi) is 10.6. The highest BCUT2D eigenvalue weighted by Crippen LogP contribution is 2.18. The minimum atomic E-state index is -0.996. The molecule has 0 aliphatic heterocycles. The van der Waals surface area contributed by atoms with Crippen LogP contribution >= 0.6 is 0 Å². The van der Waals surface area contributed by atoms with Gasteiger partial charge in [0.15, 0.2) is 0 Å². The van der Waals surface area contributed by atoms with Crippen LogP contribution in [0.2, 0.25) is 0 Å². The van der Waals surface area contributed by atoms with E-state index in [0.29, 0.717) is 23.4 Å². The molecule has 0 heterocycles. The Bertz CT molecular complexity index is 1130. The minimum Gasteiger partial charge on any atom is -0.489 e. The zero-order valence-electron chi connectivity index (χ0n) is 21.3. The number of ether oxygens (including phenoxy) is 1. The summed E-state index contributed by atoms with van der Waals surface area (Å²) in [6.45, 7) is 8.61. The number of rotatable bonds is 9. The van der Waals surface area contributed by atoms with Gasteiger partial charge in [0, 0.05) is 29.8 Å². The van der Waals surface area contributed by atoms with Gasteiger partial charge in [0.25, 0.3) is 0 Å². The normalized spacial score (nSPS) is 10.7. The predicted molar refractivity (Wildman–Crippen MR) is 139 cm³/mol. The SMILES string of the molecule is CC(C)(C)N.CCN(Cc1ccccc1F)C(=O)Cc1ccc(OCc2ccccc2C(=O)O)cc1. The van der Waals surface area contributed by atoms with Crippen molar-refractivity contribution >= 4 is 11.9 Å². The third-order valence-corrected chi connectivity index (χ3v) is 4.97. The summed E-state index contributed by atoms with van der Waals surface area (Å²) in [5.41, 5.74) is 7.45. The highest BCUT2D eigenvalue weighted by molar-refractivity contribution is 5.89. The van der Waals surface area contributed by atoms with Gasteiger partial charge in [-0.05, 0) is 57.5 Å². The number of hydrogen-bond donors (Lipinski definition) is 2. The second-order valence-electron chi connectivity index (χ2n) is 9.44. The number of carbonyl (C=O) groups excluding carboxylic acids is 1. The molecule has 192 valence electrons. The van der Waals surface area contributed by atoms with Crippen molar-refractivity contribution in [2.24, 2.45) is 5.73 Å². The van der Waals surface area contributed by atoms with Crippen molar-refractivity contribution in [2.75, 3.05) is 6.54 Å². The molecule has 3 rings (SSSR count). The van der Waals surface area contributed by atoms with E-state index in [-0.39, 0.29) is 42.4 Å². The van der Waals surface area contributed by atoms with Crippen LogP contribution in [0, 0.1) is 5.82 Å². The molecule has 36 heavy (non-hydrogen) atoms. The average molecular weight is 495 g/mol. The summed E-state index contributed by atoms with van der Waals surface area (Å²) in [7, 11) is 0. The van der Waals surface area contributed by atoms with Gasteiger partial charge < -0.3 is 20.5 Å². The largest absolute Gasteiger partial charge is 0.489 e. The lowest BCUT2D eigenvalue weighted by Gasteiger charge is -2.21. The average Bonchev–Trinajstić information content (AvgIpc) is 2.82. The molecule has 0 atom stereocenters. The second kappa shape index (κ2) is 13.4. The number of benzene rings is 3. The molecular formula is C29H35FN2O4. The Hall–Kier alpha value is -3.71. The van der Waals surface area contributed by atoms with E-state index >= 15 is 0 Å². The van der Waals surface area contributed by atoms with Crippen LogP contribution in [0.5, 0.6) is 5.75 Å². The Labute approximate surface area is 212 Å². The van der Waals surface area contributed by atoms with Gasteiger partial charge >= 0.3 is 5.97 Å². The van der Waals surface area contributed by atoms with Crippen LogP contribution in [0.4, 0.5) is 4.39 Å². The Morgan fingerprint density at radius 3 is 2.06 bits per heavy atom. The van der Waals surface area contributed by atoms with E-state index in [1.165, 1.54) is 12.1 Å². The van der Waals surface area contributed by atoms with Gasteiger partial charge in [0.2, 0.25) is 5.91 Å². The summed E-state index contributed by atoms with van der Waals surface area (Å²) in [4.78, 5) is 25.6. The molecule has 6 nitrogen and oxygen atoms in total. The van der Waals surface area contributed by atoms with E-state index in [4.69, 9.17) is 10.5 Å². The molecule has 3 aromatic carbocycles. The zero-order chi connectivity index (χ0) is 26.7. The standard InChI is InChI=1S/C25H24FNO4.C4H11N/c1-2-27(16-19-7-4-6-10-23(19)26)24(28)15-18-11-13-21(14-12-18)31-17-20-8-3-5-9-22(20)25(29)30;1-4(2,3)5/h3-14H,2,15-17H2,1H3,(H,29,30);5H2,1-3H3. The molecular weight excluding hydrogens is 459 g/mol. The lowest BCUT2D eigenvalue weighted by Crippen LogP contribution is -2.31. The lowest BCUT2D eigenvalue weighted by molar-refractivity contribution is -0.130. The van der Waals surface area contributed by atoms with Gasteiger partial charge in [-0.1, -0.05) is 48.5 Å². The van der Waals surface area contributed by atoms with Gasteiger partial charge in [-0.2, -0.15) is 0 Å². The molecule has 3 aromatic rings. The first-order chi connectivity index (χ1) is 17.0. The number of nitrogens with two attached hydrogens (primary N) is 1. The van der Waals surface area contributed by atoms with Crippen molar-refractivity contribution in [1.29, 1.82) is 0 Å². The first kappa shape index (κ1) is 28.5. The number of aromatic carboxylic acids is 1. The number of halogens is 1. The van der Waals surface area contributed by atoms with Crippen molar-refractivity contribution < 1.29 is 23.8 Å². The number of carboxylic acids is 1. The number of carbonyl (C=O) groups is 2. The highest BCUT2D eigenvalue weighted by atomic mass is 19.1. The summed E-state index contributed by atoms with van der Waals surface area (Å²) < 4.78 is 19.6. The second-order valence-corrected chi connectivity index (χ2v) is 9.44. The fraction of sp³-hybridized carbons (Fsp3) is 0.310. The molecule has 0 saturated carbocycles. The molecule has 0 bridgehead atoms. The fourth-order valence-electron chi connectivity index (χ4n) is 3.21. The molecule has 0 radical (unpaired) electrons. The van der Waals surface area contributed by atoms with E-state index in [1.807, 2.05) is 27.7 Å². The van der Waals surface area contributed by atoms with Gasteiger partial charge in [0.1, 0.15) is 18.2 Å². The van der Waals surface area contributed by atoms with Gasteiger partial charge in [-0.15, -0.1) is 0 Å². The van der Waals surface area contributed by atoms with Crippen LogP contribution in [-0.2, 0) is 24.4 Å². The molecule has 0 unspecified atom stereocenters. The molecule has 1 amide bonds. The Balaban J connectivity index is 0.000000830. The first-order valence-electron chi connectivity index (χ1n) is 11.8. The van der Waals surface area contributed by atoms with E-state index in [2.05, 4.69) is 0 Å². The van der Waals surface area contributed by atoms with E-state index in [9.17, 15) is 19.1 Å². The quantitative estimate of drug-likeness (QED) is 0.413. The maximum atomic E-state index is 13.9. The van der Waals surface area contributed by atoms with E-state index in [0.717, 1.165) is 5.56 Å². The maximum absolute atomic E-state index is 13.9. The summed E-state index contributed by atoms with van der Waals surface area (Å²) in [5, 5.41) is 9.24. The molecule has 0 saturated heterocycles. The highest BCUT2D eigenvalue weighted by Gasteiger charge is 2.15. The number of amides is 1. The first-order valence-corrected chi connectivity index (χ1v) is 11.8. The van der Waals surface area contributed by atoms with Crippen molar-refractivity contribution in [1.82, 2.24) is 4.90 Å². The number of likely N-dealkylation sites (N-methyl/N-ethyl adjacent to an activating group) is 1. The Morgan fingerprint density at radius 2 is 1.50 bits per heavy atom. The van der Waals surface area contributed by atoms with Crippen molar-refractivity contribution in [2.45, 2.75) is 52.8 Å². The summed E-state index contributed by atoms with van der Waals surface area (Å²) in [6.07, 6.45) is 0.199. The van der Waals surface area contributed by atoms with Crippen molar-refractivity contribution in [3.63, 3.8) is 0 Å². The third-order valence-electron chi connectivity index (χ3n) is 4.97. The molecule has 0 aliphatic rings. The molecule has 0 fully saturated rings.